The van der Waals surface area contributed by atoms with Crippen molar-refractivity contribution < 1.29 is 4.79 Å². The summed E-state index contributed by atoms with van der Waals surface area (Å²) in [6.07, 6.45) is 0. The lowest BCUT2D eigenvalue weighted by Gasteiger charge is -2.08. The van der Waals surface area contributed by atoms with Gasteiger partial charge in [-0.2, -0.15) is 5.10 Å². The summed E-state index contributed by atoms with van der Waals surface area (Å²) in [5.41, 5.74) is 7.92. The molecule has 1 aromatic carbocycles. The van der Waals surface area contributed by atoms with Crippen LogP contribution in [-0.2, 0) is 6.54 Å². The van der Waals surface area contributed by atoms with Gasteiger partial charge in [-0.05, 0) is 48.0 Å². The molecule has 0 aliphatic carbocycles. The van der Waals surface area contributed by atoms with Gasteiger partial charge in [0.05, 0.1) is 16.4 Å². The van der Waals surface area contributed by atoms with E-state index >= 15 is 0 Å². The molecule has 106 valence electrons. The first-order valence-corrected chi connectivity index (χ1v) is 7.20. The van der Waals surface area contributed by atoms with E-state index in [-0.39, 0.29) is 5.91 Å². The second-order valence-corrected chi connectivity index (χ2v) is 5.51. The highest BCUT2D eigenvalue weighted by Gasteiger charge is 2.19. The monoisotopic (exact) mass is 356 g/mol. The molecule has 2 aromatic rings. The molecule has 0 saturated carbocycles. The summed E-state index contributed by atoms with van der Waals surface area (Å²) in [5, 5.41) is 7.51. The van der Waals surface area contributed by atoms with Crippen molar-refractivity contribution in [2.24, 2.45) is 0 Å². The zero-order valence-corrected chi connectivity index (χ0v) is 13.4. The Morgan fingerprint density at radius 1 is 1.55 bits per heavy atom. The SMILES string of the molecule is CCn1nc(C)c(N)c1C(=O)Nc1ccc(Br)c(Cl)c1. The molecule has 2 rings (SSSR count). The van der Waals surface area contributed by atoms with Crippen LogP contribution in [0.15, 0.2) is 22.7 Å². The van der Waals surface area contributed by atoms with Gasteiger partial charge < -0.3 is 11.1 Å². The third-order valence-electron chi connectivity index (χ3n) is 2.87. The quantitative estimate of drug-likeness (QED) is 0.883. The number of nitrogen functional groups attached to an aromatic ring is 1. The fourth-order valence-electron chi connectivity index (χ4n) is 1.83. The van der Waals surface area contributed by atoms with Crippen LogP contribution in [0.3, 0.4) is 0 Å². The Labute approximate surface area is 130 Å². The van der Waals surface area contributed by atoms with Crippen molar-refractivity contribution in [1.82, 2.24) is 9.78 Å². The number of nitrogens with two attached hydrogens (primary N) is 1. The summed E-state index contributed by atoms with van der Waals surface area (Å²) in [7, 11) is 0. The van der Waals surface area contributed by atoms with E-state index < -0.39 is 0 Å². The molecule has 1 amide bonds. The van der Waals surface area contributed by atoms with Crippen molar-refractivity contribution in [1.29, 1.82) is 0 Å². The molecule has 20 heavy (non-hydrogen) atoms. The molecule has 5 nitrogen and oxygen atoms in total. The molecule has 0 fully saturated rings. The average Bonchev–Trinajstić information content (AvgIpc) is 2.69. The van der Waals surface area contributed by atoms with Gasteiger partial charge in [-0.25, -0.2) is 0 Å². The van der Waals surface area contributed by atoms with Crippen LogP contribution in [0, 0.1) is 6.92 Å². The number of nitrogens with zero attached hydrogens (tertiary/aromatic N) is 2. The summed E-state index contributed by atoms with van der Waals surface area (Å²) in [6.45, 7) is 4.25. The third kappa shape index (κ3) is 2.81. The molecule has 7 heteroatoms. The highest BCUT2D eigenvalue weighted by Crippen LogP contribution is 2.26. The Kier molecular flexibility index (Phi) is 4.35. The highest BCUT2D eigenvalue weighted by molar-refractivity contribution is 9.10. The van der Waals surface area contributed by atoms with Gasteiger partial charge in [-0.15, -0.1) is 0 Å². The third-order valence-corrected chi connectivity index (χ3v) is 4.10. The number of halogens is 2. The molecular formula is C13H14BrClN4O. The number of nitrogens with one attached hydrogen (secondary N) is 1. The minimum absolute atomic E-state index is 0.302. The summed E-state index contributed by atoms with van der Waals surface area (Å²) in [4.78, 5) is 12.3. The molecule has 0 aliphatic rings. The predicted octanol–water partition coefficient (Wildman–Crippen LogP) is 3.46. The van der Waals surface area contributed by atoms with E-state index in [0.29, 0.717) is 34.3 Å². The van der Waals surface area contributed by atoms with Gasteiger partial charge in [0, 0.05) is 16.7 Å². The number of hydrogen-bond acceptors (Lipinski definition) is 3. The topological polar surface area (TPSA) is 72.9 Å². The summed E-state index contributed by atoms with van der Waals surface area (Å²) >= 11 is 9.30. The molecule has 0 bridgehead atoms. The summed E-state index contributed by atoms with van der Waals surface area (Å²) in [5.74, 6) is -0.302. The molecule has 0 unspecified atom stereocenters. The van der Waals surface area contributed by atoms with Crippen LogP contribution in [0.4, 0.5) is 11.4 Å². The first-order valence-electron chi connectivity index (χ1n) is 6.03. The van der Waals surface area contributed by atoms with Gasteiger partial charge in [0.2, 0.25) is 0 Å². The second-order valence-electron chi connectivity index (χ2n) is 4.25. The van der Waals surface area contributed by atoms with Gasteiger partial charge in [0.25, 0.3) is 5.91 Å². The van der Waals surface area contributed by atoms with Gasteiger partial charge in [-0.3, -0.25) is 9.48 Å². The number of hydrogen-bond donors (Lipinski definition) is 2. The molecule has 0 saturated heterocycles. The lowest BCUT2D eigenvalue weighted by atomic mass is 10.2. The van der Waals surface area contributed by atoms with E-state index in [1.165, 1.54) is 0 Å². The Morgan fingerprint density at radius 3 is 2.85 bits per heavy atom. The van der Waals surface area contributed by atoms with Gasteiger partial charge in [0.1, 0.15) is 5.69 Å². The average molecular weight is 358 g/mol. The zero-order chi connectivity index (χ0) is 14.9. The number of amides is 1. The summed E-state index contributed by atoms with van der Waals surface area (Å²) in [6, 6.07) is 5.19. The normalized spacial score (nSPS) is 10.6. The van der Waals surface area contributed by atoms with Crippen molar-refractivity contribution in [3.63, 3.8) is 0 Å². The van der Waals surface area contributed by atoms with Gasteiger partial charge >= 0.3 is 0 Å². The zero-order valence-electron chi connectivity index (χ0n) is 11.1. The fraction of sp³-hybridized carbons (Fsp3) is 0.231. The molecule has 0 atom stereocenters. The summed E-state index contributed by atoms with van der Waals surface area (Å²) < 4.78 is 2.35. The Hall–Kier alpha value is -1.53. The number of aryl methyl sites for hydroxylation is 2. The molecule has 0 radical (unpaired) electrons. The van der Waals surface area contributed by atoms with E-state index in [1.54, 1.807) is 29.8 Å². The van der Waals surface area contributed by atoms with Gasteiger partial charge in [-0.1, -0.05) is 11.6 Å². The molecule has 3 N–H and O–H groups in total. The molecule has 1 aromatic heterocycles. The number of carbonyl (C=O) groups excluding carboxylic acids is 1. The van der Waals surface area contributed by atoms with Crippen molar-refractivity contribution in [2.75, 3.05) is 11.1 Å². The standard InChI is InChI=1S/C13H14BrClN4O/c1-3-19-12(11(16)7(2)18-19)13(20)17-8-4-5-9(14)10(15)6-8/h4-6H,3,16H2,1-2H3,(H,17,20). The van der Waals surface area contributed by atoms with Crippen LogP contribution in [0.2, 0.25) is 5.02 Å². The lowest BCUT2D eigenvalue weighted by molar-refractivity contribution is 0.101. The second kappa shape index (κ2) is 5.85. The first kappa shape index (κ1) is 14.9. The van der Waals surface area contributed by atoms with Crippen LogP contribution >= 0.6 is 27.5 Å². The molecule has 1 heterocycles. The molecular weight excluding hydrogens is 344 g/mol. The number of aromatic nitrogens is 2. The molecule has 0 spiro atoms. The maximum Gasteiger partial charge on any atom is 0.276 e. The lowest BCUT2D eigenvalue weighted by Crippen LogP contribution is -2.18. The fourth-order valence-corrected chi connectivity index (χ4v) is 2.26. The molecule has 0 aliphatic heterocycles. The van der Waals surface area contributed by atoms with Crippen molar-refractivity contribution >= 4 is 44.8 Å². The van der Waals surface area contributed by atoms with Crippen LogP contribution in [-0.4, -0.2) is 15.7 Å². The number of rotatable bonds is 3. The Bertz CT molecular complexity index is 669. The van der Waals surface area contributed by atoms with Crippen molar-refractivity contribution in [2.45, 2.75) is 20.4 Å². The van der Waals surface area contributed by atoms with Crippen LogP contribution in [0.5, 0.6) is 0 Å². The number of anilines is 2. The minimum atomic E-state index is -0.302. The largest absolute Gasteiger partial charge is 0.395 e. The smallest absolute Gasteiger partial charge is 0.276 e. The Morgan fingerprint density at radius 2 is 2.25 bits per heavy atom. The van der Waals surface area contributed by atoms with Crippen LogP contribution < -0.4 is 11.1 Å². The maximum atomic E-state index is 12.3. The van der Waals surface area contributed by atoms with Crippen LogP contribution in [0.1, 0.15) is 23.1 Å². The van der Waals surface area contributed by atoms with Crippen LogP contribution in [0.25, 0.3) is 0 Å². The van der Waals surface area contributed by atoms with E-state index in [2.05, 4.69) is 26.3 Å². The van der Waals surface area contributed by atoms with E-state index in [1.807, 2.05) is 6.92 Å². The number of carbonyl (C=O) groups is 1. The first-order chi connectivity index (χ1) is 9.43. The van der Waals surface area contributed by atoms with Crippen molar-refractivity contribution in [3.05, 3.63) is 39.1 Å². The minimum Gasteiger partial charge on any atom is -0.395 e. The Balaban J connectivity index is 2.30. The van der Waals surface area contributed by atoms with E-state index in [4.69, 9.17) is 17.3 Å². The van der Waals surface area contributed by atoms with E-state index in [0.717, 1.165) is 4.47 Å². The number of benzene rings is 1. The predicted molar refractivity (Wildman–Crippen MR) is 84.2 cm³/mol. The highest BCUT2D eigenvalue weighted by atomic mass is 79.9. The van der Waals surface area contributed by atoms with Crippen molar-refractivity contribution in [3.8, 4) is 0 Å². The maximum absolute atomic E-state index is 12.3. The van der Waals surface area contributed by atoms with E-state index in [9.17, 15) is 4.79 Å². The van der Waals surface area contributed by atoms with Gasteiger partial charge in [0.15, 0.2) is 0 Å².